The Labute approximate surface area is 119 Å². The maximum absolute atomic E-state index is 11.0. The van der Waals surface area contributed by atoms with Gasteiger partial charge in [0, 0.05) is 11.9 Å². The van der Waals surface area contributed by atoms with Gasteiger partial charge in [-0.3, -0.25) is 0 Å². The van der Waals surface area contributed by atoms with Crippen molar-refractivity contribution in [3.05, 3.63) is 47.0 Å². The third-order valence-electron chi connectivity index (χ3n) is 2.42. The minimum Gasteiger partial charge on any atom is -0.476 e. The molecule has 0 saturated heterocycles. The molecule has 1 aromatic heterocycles. The molecule has 1 heterocycles. The first-order valence-corrected chi connectivity index (χ1v) is 6.67. The van der Waals surface area contributed by atoms with Crippen LogP contribution in [0.4, 0.5) is 5.13 Å². The Kier molecular flexibility index (Phi) is 4.67. The first kappa shape index (κ1) is 14.0. The largest absolute Gasteiger partial charge is 0.476 e. The minimum absolute atomic E-state index is 0.212. The van der Waals surface area contributed by atoms with Gasteiger partial charge in [-0.2, -0.15) is 0 Å². The first-order valence-electron chi connectivity index (χ1n) is 5.79. The summed E-state index contributed by atoms with van der Waals surface area (Å²) in [4.78, 5) is 19.7. The van der Waals surface area contributed by atoms with E-state index in [2.05, 4.69) is 20.3 Å². The van der Waals surface area contributed by atoms with Crippen molar-refractivity contribution in [2.45, 2.75) is 6.54 Å². The Bertz CT molecular complexity index is 610. The molecule has 0 atom stereocenters. The molecule has 0 fully saturated rings. The zero-order valence-corrected chi connectivity index (χ0v) is 11.6. The average molecular weight is 291 g/mol. The van der Waals surface area contributed by atoms with Crippen LogP contribution >= 0.6 is 11.3 Å². The van der Waals surface area contributed by atoms with Gasteiger partial charge in [-0.1, -0.05) is 35.5 Å². The van der Waals surface area contributed by atoms with Gasteiger partial charge in [0.25, 0.3) is 0 Å². The van der Waals surface area contributed by atoms with Gasteiger partial charge < -0.3 is 15.3 Å². The summed E-state index contributed by atoms with van der Waals surface area (Å²) in [6.45, 7) is 0.623. The van der Waals surface area contributed by atoms with Gasteiger partial charge in [-0.05, 0) is 5.56 Å². The third kappa shape index (κ3) is 3.55. The monoisotopic (exact) mass is 291 g/mol. The van der Waals surface area contributed by atoms with Crippen molar-refractivity contribution in [2.24, 2.45) is 5.16 Å². The predicted molar refractivity (Wildman–Crippen MR) is 77.1 cm³/mol. The fraction of sp³-hybridized carbons (Fsp3) is 0.154. The van der Waals surface area contributed by atoms with E-state index in [1.165, 1.54) is 18.4 Å². The number of oxime groups is 1. The maximum Gasteiger partial charge on any atom is 0.360 e. The standard InChI is InChI=1S/C13H13N3O3S/c1-19-16-11(12(17)18)10-8-20-13(15-10)14-7-9-5-3-2-4-6-9/h2-6,8H,7H2,1H3,(H,14,15)(H,17,18)/b16-11-. The lowest BCUT2D eigenvalue weighted by Crippen LogP contribution is -2.15. The number of nitrogens with zero attached hydrogens (tertiary/aromatic N) is 2. The number of thiazole rings is 1. The summed E-state index contributed by atoms with van der Waals surface area (Å²) in [7, 11) is 1.30. The predicted octanol–water partition coefficient (Wildman–Crippen LogP) is 2.19. The minimum atomic E-state index is -1.17. The molecule has 2 N–H and O–H groups in total. The van der Waals surface area contributed by atoms with E-state index in [4.69, 9.17) is 5.11 Å². The van der Waals surface area contributed by atoms with Crippen molar-refractivity contribution >= 4 is 28.1 Å². The molecular weight excluding hydrogens is 278 g/mol. The van der Waals surface area contributed by atoms with Gasteiger partial charge in [-0.25, -0.2) is 9.78 Å². The van der Waals surface area contributed by atoms with Crippen LogP contribution in [-0.4, -0.2) is 28.9 Å². The van der Waals surface area contributed by atoms with Crippen LogP contribution in [0.1, 0.15) is 11.3 Å². The van der Waals surface area contributed by atoms with E-state index in [-0.39, 0.29) is 11.4 Å². The van der Waals surface area contributed by atoms with Crippen molar-refractivity contribution in [2.75, 3.05) is 12.4 Å². The number of carbonyl (C=O) groups is 1. The summed E-state index contributed by atoms with van der Waals surface area (Å²) in [5.41, 5.74) is 1.18. The van der Waals surface area contributed by atoms with Crippen LogP contribution in [0, 0.1) is 0 Å². The van der Waals surface area contributed by atoms with E-state index >= 15 is 0 Å². The smallest absolute Gasteiger partial charge is 0.360 e. The van der Waals surface area contributed by atoms with Crippen LogP contribution in [0.3, 0.4) is 0 Å². The van der Waals surface area contributed by atoms with Gasteiger partial charge >= 0.3 is 5.97 Å². The summed E-state index contributed by atoms with van der Waals surface area (Å²) in [6, 6.07) is 9.86. The highest BCUT2D eigenvalue weighted by Crippen LogP contribution is 2.17. The third-order valence-corrected chi connectivity index (χ3v) is 3.22. The van der Waals surface area contributed by atoms with E-state index < -0.39 is 5.97 Å². The fourth-order valence-corrected chi connectivity index (χ4v) is 2.22. The Morgan fingerprint density at radius 3 is 2.85 bits per heavy atom. The molecule has 104 valence electrons. The molecule has 1 aromatic carbocycles. The van der Waals surface area contributed by atoms with Crippen LogP contribution in [0.25, 0.3) is 0 Å². The Morgan fingerprint density at radius 2 is 2.20 bits per heavy atom. The number of rotatable bonds is 6. The lowest BCUT2D eigenvalue weighted by molar-refractivity contribution is -0.129. The van der Waals surface area contributed by atoms with Crippen molar-refractivity contribution in [1.82, 2.24) is 4.98 Å². The number of aromatic nitrogens is 1. The molecule has 7 heteroatoms. The highest BCUT2D eigenvalue weighted by Gasteiger charge is 2.17. The Morgan fingerprint density at radius 1 is 1.45 bits per heavy atom. The van der Waals surface area contributed by atoms with Gasteiger partial charge in [0.2, 0.25) is 5.71 Å². The molecular formula is C13H13N3O3S. The van der Waals surface area contributed by atoms with Crippen molar-refractivity contribution in [3.63, 3.8) is 0 Å². The van der Waals surface area contributed by atoms with Gasteiger partial charge in [0.1, 0.15) is 12.8 Å². The van der Waals surface area contributed by atoms with Crippen LogP contribution in [0.2, 0.25) is 0 Å². The number of aliphatic carboxylic acids is 1. The highest BCUT2D eigenvalue weighted by atomic mass is 32.1. The van der Waals surface area contributed by atoms with E-state index in [1.807, 2.05) is 30.3 Å². The molecule has 2 rings (SSSR count). The van der Waals surface area contributed by atoms with E-state index in [0.29, 0.717) is 11.7 Å². The van der Waals surface area contributed by atoms with E-state index in [1.54, 1.807) is 5.38 Å². The van der Waals surface area contributed by atoms with E-state index in [0.717, 1.165) is 5.56 Å². The second-order valence-electron chi connectivity index (χ2n) is 3.80. The second-order valence-corrected chi connectivity index (χ2v) is 4.66. The topological polar surface area (TPSA) is 83.8 Å². The zero-order valence-electron chi connectivity index (χ0n) is 10.7. The Hall–Kier alpha value is -2.41. The average Bonchev–Trinajstić information content (AvgIpc) is 2.92. The number of hydrogen-bond acceptors (Lipinski definition) is 6. The first-order chi connectivity index (χ1) is 9.70. The van der Waals surface area contributed by atoms with E-state index in [9.17, 15) is 4.79 Å². The summed E-state index contributed by atoms with van der Waals surface area (Å²) in [5.74, 6) is -1.17. The summed E-state index contributed by atoms with van der Waals surface area (Å²) in [5, 5.41) is 17.9. The molecule has 0 amide bonds. The Balaban J connectivity index is 2.05. The molecule has 2 aromatic rings. The maximum atomic E-state index is 11.0. The number of carboxylic acid groups (broad SMARTS) is 1. The number of hydrogen-bond donors (Lipinski definition) is 2. The van der Waals surface area contributed by atoms with Gasteiger partial charge in [-0.15, -0.1) is 11.3 Å². The highest BCUT2D eigenvalue weighted by molar-refractivity contribution is 7.14. The number of nitrogens with one attached hydrogen (secondary N) is 1. The molecule has 0 aliphatic carbocycles. The van der Waals surface area contributed by atoms with Gasteiger partial charge in [0.15, 0.2) is 5.13 Å². The normalized spacial score (nSPS) is 11.2. The summed E-state index contributed by atoms with van der Waals surface area (Å²) in [6.07, 6.45) is 0. The molecule has 0 aliphatic rings. The molecule has 6 nitrogen and oxygen atoms in total. The number of carboxylic acids is 1. The van der Waals surface area contributed by atoms with Crippen molar-refractivity contribution in [1.29, 1.82) is 0 Å². The lowest BCUT2D eigenvalue weighted by Gasteiger charge is -2.02. The molecule has 0 saturated carbocycles. The molecule has 0 aliphatic heterocycles. The second kappa shape index (κ2) is 6.67. The number of benzene rings is 1. The fourth-order valence-electron chi connectivity index (χ4n) is 1.52. The van der Waals surface area contributed by atoms with Crippen LogP contribution < -0.4 is 5.32 Å². The lowest BCUT2D eigenvalue weighted by atomic mass is 10.2. The SMILES string of the molecule is CO/N=C(\C(=O)O)c1csc(NCc2ccccc2)n1. The van der Waals surface area contributed by atoms with Crippen LogP contribution in [-0.2, 0) is 16.2 Å². The van der Waals surface area contributed by atoms with Crippen molar-refractivity contribution < 1.29 is 14.7 Å². The zero-order chi connectivity index (χ0) is 14.4. The molecule has 0 unspecified atom stereocenters. The molecule has 20 heavy (non-hydrogen) atoms. The quantitative estimate of drug-likeness (QED) is 0.629. The van der Waals surface area contributed by atoms with Gasteiger partial charge in [0.05, 0.1) is 0 Å². The van der Waals surface area contributed by atoms with Crippen molar-refractivity contribution in [3.8, 4) is 0 Å². The number of anilines is 1. The molecule has 0 bridgehead atoms. The molecule has 0 spiro atoms. The van der Waals surface area contributed by atoms with Crippen LogP contribution in [0.5, 0.6) is 0 Å². The summed E-state index contributed by atoms with van der Waals surface area (Å²) >= 11 is 1.32. The van der Waals surface area contributed by atoms with Crippen LogP contribution in [0.15, 0.2) is 40.9 Å². The summed E-state index contributed by atoms with van der Waals surface area (Å²) < 4.78 is 0. The molecule has 0 radical (unpaired) electrons.